The lowest BCUT2D eigenvalue weighted by atomic mass is 9.89. The zero-order valence-corrected chi connectivity index (χ0v) is 23.5. The van der Waals surface area contributed by atoms with Crippen LogP contribution in [0.5, 0.6) is 0 Å². The second-order valence-electron chi connectivity index (χ2n) is 11.7. The SMILES string of the molecule is CC(C)Cc1cc(CC(C)C)c(Nc2c(-c3ccccc3)cccc2-c2ccccc2)c(CC(C)C)c1. The minimum Gasteiger partial charge on any atom is -0.354 e. The highest BCUT2D eigenvalue weighted by atomic mass is 14.9. The molecule has 4 aromatic carbocycles. The molecule has 0 unspecified atom stereocenters. The van der Waals surface area contributed by atoms with E-state index in [0.29, 0.717) is 17.8 Å². The van der Waals surface area contributed by atoms with E-state index < -0.39 is 0 Å². The average molecular weight is 490 g/mol. The third-order valence-corrected chi connectivity index (χ3v) is 6.75. The van der Waals surface area contributed by atoms with Crippen LogP contribution in [0, 0.1) is 17.8 Å². The fourth-order valence-electron chi connectivity index (χ4n) is 5.32. The molecule has 0 aliphatic carbocycles. The van der Waals surface area contributed by atoms with E-state index in [1.807, 2.05) is 0 Å². The van der Waals surface area contributed by atoms with Gasteiger partial charge in [0.15, 0.2) is 0 Å². The van der Waals surface area contributed by atoms with Crippen molar-refractivity contribution in [2.24, 2.45) is 17.8 Å². The number of anilines is 2. The maximum Gasteiger partial charge on any atom is 0.0543 e. The van der Waals surface area contributed by atoms with Crippen molar-refractivity contribution in [3.8, 4) is 22.3 Å². The molecule has 0 aliphatic rings. The van der Waals surface area contributed by atoms with Crippen LogP contribution in [0.1, 0.15) is 58.2 Å². The van der Waals surface area contributed by atoms with E-state index in [2.05, 4.69) is 138 Å². The molecule has 192 valence electrons. The summed E-state index contributed by atoms with van der Waals surface area (Å²) in [6, 6.07) is 33.2. The summed E-state index contributed by atoms with van der Waals surface area (Å²) in [4.78, 5) is 0. The van der Waals surface area contributed by atoms with Crippen LogP contribution in [0.3, 0.4) is 0 Å². The van der Waals surface area contributed by atoms with Gasteiger partial charge in [0, 0.05) is 16.8 Å². The van der Waals surface area contributed by atoms with Gasteiger partial charge >= 0.3 is 0 Å². The molecule has 0 spiro atoms. The van der Waals surface area contributed by atoms with Crippen molar-refractivity contribution in [1.29, 1.82) is 0 Å². The summed E-state index contributed by atoms with van der Waals surface area (Å²) < 4.78 is 0. The average Bonchev–Trinajstić information content (AvgIpc) is 2.86. The minimum absolute atomic E-state index is 0.583. The Balaban J connectivity index is 1.95. The van der Waals surface area contributed by atoms with E-state index in [9.17, 15) is 0 Å². The lowest BCUT2D eigenvalue weighted by Gasteiger charge is -2.24. The molecule has 0 bridgehead atoms. The molecule has 4 aromatic rings. The maximum absolute atomic E-state index is 4.07. The van der Waals surface area contributed by atoms with Crippen LogP contribution >= 0.6 is 0 Å². The van der Waals surface area contributed by atoms with Crippen LogP contribution in [0.2, 0.25) is 0 Å². The minimum atomic E-state index is 0.583. The van der Waals surface area contributed by atoms with Crippen LogP contribution in [-0.4, -0.2) is 0 Å². The first-order chi connectivity index (χ1) is 17.8. The largest absolute Gasteiger partial charge is 0.354 e. The Bertz CT molecular complexity index is 1190. The van der Waals surface area contributed by atoms with Gasteiger partial charge in [-0.3, -0.25) is 0 Å². The molecule has 0 aliphatic heterocycles. The maximum atomic E-state index is 4.07. The van der Waals surface area contributed by atoms with Crippen LogP contribution in [0.15, 0.2) is 91.0 Å². The second-order valence-corrected chi connectivity index (χ2v) is 11.7. The summed E-state index contributed by atoms with van der Waals surface area (Å²) in [5.41, 5.74) is 11.8. The van der Waals surface area contributed by atoms with E-state index >= 15 is 0 Å². The molecule has 0 heterocycles. The van der Waals surface area contributed by atoms with Gasteiger partial charge in [-0.15, -0.1) is 0 Å². The van der Waals surface area contributed by atoms with E-state index in [1.165, 1.54) is 50.3 Å². The molecule has 0 aromatic heterocycles. The highest BCUT2D eigenvalue weighted by molar-refractivity contribution is 5.93. The molecule has 1 N–H and O–H groups in total. The van der Waals surface area contributed by atoms with Crippen molar-refractivity contribution in [2.45, 2.75) is 60.8 Å². The molecule has 1 nitrogen and oxygen atoms in total. The molecule has 0 saturated carbocycles. The van der Waals surface area contributed by atoms with Gasteiger partial charge in [-0.1, -0.05) is 133 Å². The summed E-state index contributed by atoms with van der Waals surface area (Å²) >= 11 is 0. The topological polar surface area (TPSA) is 12.0 Å². The van der Waals surface area contributed by atoms with E-state index in [4.69, 9.17) is 0 Å². The molecule has 1 heteroatoms. The highest BCUT2D eigenvalue weighted by Gasteiger charge is 2.19. The number of nitrogens with one attached hydrogen (secondary N) is 1. The molecule has 0 saturated heterocycles. The van der Waals surface area contributed by atoms with E-state index in [0.717, 1.165) is 19.3 Å². The normalized spacial score (nSPS) is 11.5. The van der Waals surface area contributed by atoms with Gasteiger partial charge in [-0.2, -0.15) is 0 Å². The molecule has 0 atom stereocenters. The number of para-hydroxylation sites is 1. The van der Waals surface area contributed by atoms with Crippen molar-refractivity contribution in [1.82, 2.24) is 0 Å². The third-order valence-electron chi connectivity index (χ3n) is 6.75. The Morgan fingerprint density at radius 1 is 0.486 bits per heavy atom. The van der Waals surface area contributed by atoms with Crippen molar-refractivity contribution in [3.63, 3.8) is 0 Å². The molecular formula is C36H43N. The zero-order chi connectivity index (χ0) is 26.4. The monoisotopic (exact) mass is 489 g/mol. The molecular weight excluding hydrogens is 446 g/mol. The number of rotatable bonds is 10. The quantitative estimate of drug-likeness (QED) is 0.233. The lowest BCUT2D eigenvalue weighted by Crippen LogP contribution is -2.09. The molecule has 0 radical (unpaired) electrons. The molecule has 37 heavy (non-hydrogen) atoms. The highest BCUT2D eigenvalue weighted by Crippen LogP contribution is 2.41. The third kappa shape index (κ3) is 6.92. The first kappa shape index (κ1) is 26.7. The van der Waals surface area contributed by atoms with Crippen LogP contribution in [0.25, 0.3) is 22.3 Å². The van der Waals surface area contributed by atoms with Gasteiger partial charge in [0.2, 0.25) is 0 Å². The fraction of sp³-hybridized carbons (Fsp3) is 0.333. The van der Waals surface area contributed by atoms with Crippen molar-refractivity contribution >= 4 is 11.4 Å². The number of benzene rings is 4. The number of hydrogen-bond donors (Lipinski definition) is 1. The Hall–Kier alpha value is -3.32. The standard InChI is InChI=1S/C36H43N/c1-25(2)20-28-23-31(21-26(3)4)35(32(24-28)22-27(5)6)37-36-33(29-14-9-7-10-15-29)18-13-19-34(36)30-16-11-8-12-17-30/h7-19,23-27,37H,20-22H2,1-6H3. The Morgan fingerprint density at radius 3 is 1.32 bits per heavy atom. The summed E-state index contributed by atoms with van der Waals surface area (Å²) in [5, 5.41) is 4.07. The van der Waals surface area contributed by atoms with Crippen LogP contribution < -0.4 is 5.32 Å². The van der Waals surface area contributed by atoms with Gasteiger partial charge in [-0.05, 0) is 64.8 Å². The zero-order valence-electron chi connectivity index (χ0n) is 23.5. The predicted octanol–water partition coefficient (Wildman–Crippen LogP) is 10.4. The van der Waals surface area contributed by atoms with Crippen LogP contribution in [-0.2, 0) is 19.3 Å². The Kier molecular flexibility index (Phi) is 8.87. The van der Waals surface area contributed by atoms with Gasteiger partial charge < -0.3 is 5.32 Å². The van der Waals surface area contributed by atoms with Gasteiger partial charge in [-0.25, -0.2) is 0 Å². The van der Waals surface area contributed by atoms with Crippen molar-refractivity contribution in [2.75, 3.05) is 5.32 Å². The number of hydrogen-bond acceptors (Lipinski definition) is 1. The Labute approximate surface area is 225 Å². The summed E-state index contributed by atoms with van der Waals surface area (Å²) in [6.07, 6.45) is 3.24. The van der Waals surface area contributed by atoms with Gasteiger partial charge in [0.25, 0.3) is 0 Å². The summed E-state index contributed by atoms with van der Waals surface area (Å²) in [6.45, 7) is 13.9. The molecule has 0 amide bonds. The molecule has 0 fully saturated rings. The van der Waals surface area contributed by atoms with E-state index in [1.54, 1.807) is 0 Å². The fourth-order valence-corrected chi connectivity index (χ4v) is 5.32. The Morgan fingerprint density at radius 2 is 0.919 bits per heavy atom. The second kappa shape index (κ2) is 12.3. The first-order valence-electron chi connectivity index (χ1n) is 14.0. The van der Waals surface area contributed by atoms with Crippen LogP contribution in [0.4, 0.5) is 11.4 Å². The van der Waals surface area contributed by atoms with Crippen molar-refractivity contribution < 1.29 is 0 Å². The van der Waals surface area contributed by atoms with Gasteiger partial charge in [0.05, 0.1) is 5.69 Å². The first-order valence-corrected chi connectivity index (χ1v) is 14.0. The van der Waals surface area contributed by atoms with Gasteiger partial charge in [0.1, 0.15) is 0 Å². The summed E-state index contributed by atoms with van der Waals surface area (Å²) in [7, 11) is 0. The predicted molar refractivity (Wildman–Crippen MR) is 163 cm³/mol. The smallest absolute Gasteiger partial charge is 0.0543 e. The molecule has 4 rings (SSSR count). The summed E-state index contributed by atoms with van der Waals surface area (Å²) in [5.74, 6) is 1.81. The lowest BCUT2D eigenvalue weighted by molar-refractivity contribution is 0.626. The van der Waals surface area contributed by atoms with Crippen molar-refractivity contribution in [3.05, 3.63) is 108 Å². The van der Waals surface area contributed by atoms with E-state index in [-0.39, 0.29) is 0 Å².